The molecule has 0 aliphatic heterocycles. The lowest BCUT2D eigenvalue weighted by Crippen LogP contribution is -1.88. The molecular formula is C16H8N2S2. The third-order valence-corrected chi connectivity index (χ3v) is 5.61. The highest BCUT2D eigenvalue weighted by Crippen LogP contribution is 2.39. The van der Waals surface area contributed by atoms with E-state index in [1.54, 1.807) is 22.7 Å². The summed E-state index contributed by atoms with van der Waals surface area (Å²) in [5.74, 6) is 0. The van der Waals surface area contributed by atoms with Crippen molar-refractivity contribution in [2.24, 2.45) is 0 Å². The molecular weight excluding hydrogens is 284 g/mol. The van der Waals surface area contributed by atoms with Crippen LogP contribution in [0.4, 0.5) is 0 Å². The number of para-hydroxylation sites is 2. The number of hydrogen-bond acceptors (Lipinski definition) is 4. The molecule has 94 valence electrons. The largest absolute Gasteiger partial charge is 0.244 e. The lowest BCUT2D eigenvalue weighted by molar-refractivity contribution is 1.42. The van der Waals surface area contributed by atoms with Gasteiger partial charge in [0, 0.05) is 10.8 Å². The molecule has 0 amide bonds. The number of thiophene rings is 2. The number of fused-ring (bicyclic) bond motifs is 7. The second kappa shape index (κ2) is 3.75. The van der Waals surface area contributed by atoms with Crippen molar-refractivity contribution in [3.05, 3.63) is 47.2 Å². The Hall–Kier alpha value is -2.04. The van der Waals surface area contributed by atoms with Gasteiger partial charge in [-0.05, 0) is 35.0 Å². The van der Waals surface area contributed by atoms with Crippen molar-refractivity contribution >= 4 is 64.9 Å². The standard InChI is InChI=1S/C16H8N2S2/c1-2-4-12-11(3-1)17-13-9-5-7-19-15(9)16-10(6-8-20-16)14(13)18-12/h1-8H. The Labute approximate surface area is 122 Å². The van der Waals surface area contributed by atoms with Gasteiger partial charge in [0.1, 0.15) is 0 Å². The summed E-state index contributed by atoms with van der Waals surface area (Å²) in [7, 11) is 0. The highest BCUT2D eigenvalue weighted by molar-refractivity contribution is 7.25. The van der Waals surface area contributed by atoms with Crippen LogP contribution >= 0.6 is 22.7 Å². The summed E-state index contributed by atoms with van der Waals surface area (Å²) >= 11 is 3.57. The lowest BCUT2D eigenvalue weighted by Gasteiger charge is -2.04. The van der Waals surface area contributed by atoms with Crippen LogP contribution in [0.1, 0.15) is 0 Å². The molecule has 0 bridgehead atoms. The first-order valence-electron chi connectivity index (χ1n) is 6.35. The molecule has 0 N–H and O–H groups in total. The number of hydrogen-bond donors (Lipinski definition) is 0. The van der Waals surface area contributed by atoms with Crippen LogP contribution in [-0.2, 0) is 0 Å². The van der Waals surface area contributed by atoms with E-state index in [9.17, 15) is 0 Å². The van der Waals surface area contributed by atoms with Gasteiger partial charge in [0.25, 0.3) is 0 Å². The molecule has 0 spiro atoms. The highest BCUT2D eigenvalue weighted by Gasteiger charge is 2.13. The summed E-state index contributed by atoms with van der Waals surface area (Å²) in [6.45, 7) is 0. The molecule has 0 aliphatic rings. The Morgan fingerprint density at radius 1 is 0.650 bits per heavy atom. The molecule has 2 aromatic carbocycles. The van der Waals surface area contributed by atoms with Crippen molar-refractivity contribution in [2.45, 2.75) is 0 Å². The predicted octanol–water partition coefficient (Wildman–Crippen LogP) is 5.21. The van der Waals surface area contributed by atoms with Crippen LogP contribution in [0.25, 0.3) is 42.2 Å². The first-order valence-corrected chi connectivity index (χ1v) is 8.10. The van der Waals surface area contributed by atoms with Crippen LogP contribution < -0.4 is 0 Å². The summed E-state index contributed by atoms with van der Waals surface area (Å²) in [5, 5.41) is 6.72. The van der Waals surface area contributed by atoms with Crippen molar-refractivity contribution in [3.63, 3.8) is 0 Å². The van der Waals surface area contributed by atoms with Crippen molar-refractivity contribution in [2.75, 3.05) is 0 Å². The molecule has 0 aliphatic carbocycles. The number of aromatic nitrogens is 2. The van der Waals surface area contributed by atoms with E-state index in [0.29, 0.717) is 0 Å². The zero-order chi connectivity index (χ0) is 13.1. The molecule has 0 unspecified atom stereocenters. The van der Waals surface area contributed by atoms with E-state index in [1.165, 1.54) is 20.2 Å². The zero-order valence-electron chi connectivity index (χ0n) is 10.3. The number of benzene rings is 2. The maximum absolute atomic E-state index is 4.86. The number of rotatable bonds is 0. The van der Waals surface area contributed by atoms with Gasteiger partial charge in [-0.1, -0.05) is 12.1 Å². The molecule has 0 fully saturated rings. The van der Waals surface area contributed by atoms with Crippen molar-refractivity contribution < 1.29 is 0 Å². The Morgan fingerprint density at radius 2 is 1.15 bits per heavy atom. The third kappa shape index (κ3) is 1.27. The van der Waals surface area contributed by atoms with Crippen molar-refractivity contribution in [1.82, 2.24) is 9.97 Å². The average molecular weight is 292 g/mol. The Balaban J connectivity index is 2.19. The SMILES string of the molecule is c1ccc2nc3c4ccsc4c4sccc4c3nc2c1. The molecule has 3 heterocycles. The molecule has 0 saturated carbocycles. The molecule has 5 aromatic rings. The summed E-state index contributed by atoms with van der Waals surface area (Å²) < 4.78 is 2.65. The fourth-order valence-corrected chi connectivity index (χ4v) is 4.71. The van der Waals surface area contributed by atoms with E-state index in [2.05, 4.69) is 22.9 Å². The van der Waals surface area contributed by atoms with E-state index < -0.39 is 0 Å². The molecule has 3 aromatic heterocycles. The van der Waals surface area contributed by atoms with E-state index >= 15 is 0 Å². The third-order valence-electron chi connectivity index (χ3n) is 3.62. The molecule has 4 heteroatoms. The van der Waals surface area contributed by atoms with E-state index in [0.717, 1.165) is 22.1 Å². The molecule has 5 rings (SSSR count). The Kier molecular flexibility index (Phi) is 2.01. The smallest absolute Gasteiger partial charge is 0.0988 e. The van der Waals surface area contributed by atoms with Gasteiger partial charge in [-0.25, -0.2) is 9.97 Å². The summed E-state index contributed by atoms with van der Waals surface area (Å²) in [6.07, 6.45) is 0. The van der Waals surface area contributed by atoms with Crippen LogP contribution in [0, 0.1) is 0 Å². The maximum Gasteiger partial charge on any atom is 0.0988 e. The second-order valence-electron chi connectivity index (χ2n) is 4.74. The van der Waals surface area contributed by atoms with Gasteiger partial charge >= 0.3 is 0 Å². The van der Waals surface area contributed by atoms with Gasteiger partial charge in [-0.2, -0.15) is 0 Å². The molecule has 20 heavy (non-hydrogen) atoms. The fourth-order valence-electron chi connectivity index (χ4n) is 2.72. The summed E-state index contributed by atoms with van der Waals surface area (Å²) in [4.78, 5) is 9.71. The molecule has 2 nitrogen and oxygen atoms in total. The summed E-state index contributed by atoms with van der Waals surface area (Å²) in [5.41, 5.74) is 3.96. The zero-order valence-corrected chi connectivity index (χ0v) is 12.0. The fraction of sp³-hybridized carbons (Fsp3) is 0. The normalized spacial score (nSPS) is 12.0. The predicted molar refractivity (Wildman–Crippen MR) is 87.8 cm³/mol. The topological polar surface area (TPSA) is 25.8 Å². The minimum atomic E-state index is 0.960. The van der Waals surface area contributed by atoms with Crippen LogP contribution in [0.2, 0.25) is 0 Å². The Morgan fingerprint density at radius 3 is 1.65 bits per heavy atom. The van der Waals surface area contributed by atoms with Gasteiger partial charge < -0.3 is 0 Å². The van der Waals surface area contributed by atoms with E-state index in [4.69, 9.17) is 9.97 Å². The van der Waals surface area contributed by atoms with Crippen molar-refractivity contribution in [3.8, 4) is 0 Å². The van der Waals surface area contributed by atoms with Gasteiger partial charge in [0.15, 0.2) is 0 Å². The first-order chi connectivity index (χ1) is 9.92. The number of nitrogens with zero attached hydrogens (tertiary/aromatic N) is 2. The van der Waals surface area contributed by atoms with Crippen LogP contribution in [0.15, 0.2) is 47.2 Å². The van der Waals surface area contributed by atoms with E-state index in [1.807, 2.05) is 24.3 Å². The Bertz CT molecular complexity index is 1020. The molecule has 0 radical (unpaired) electrons. The van der Waals surface area contributed by atoms with Gasteiger partial charge in [-0.3, -0.25) is 0 Å². The minimum Gasteiger partial charge on any atom is -0.244 e. The first kappa shape index (κ1) is 10.7. The van der Waals surface area contributed by atoms with Crippen LogP contribution in [-0.4, -0.2) is 9.97 Å². The molecule has 0 saturated heterocycles. The highest BCUT2D eigenvalue weighted by atomic mass is 32.1. The lowest BCUT2D eigenvalue weighted by atomic mass is 10.1. The molecule has 0 atom stereocenters. The van der Waals surface area contributed by atoms with Crippen LogP contribution in [0.5, 0.6) is 0 Å². The quantitative estimate of drug-likeness (QED) is 0.366. The van der Waals surface area contributed by atoms with Crippen LogP contribution in [0.3, 0.4) is 0 Å². The van der Waals surface area contributed by atoms with Crippen molar-refractivity contribution in [1.29, 1.82) is 0 Å². The maximum atomic E-state index is 4.86. The average Bonchev–Trinajstić information content (AvgIpc) is 3.14. The van der Waals surface area contributed by atoms with Gasteiger partial charge in [-0.15, -0.1) is 22.7 Å². The monoisotopic (exact) mass is 292 g/mol. The minimum absolute atomic E-state index is 0.960. The second-order valence-corrected chi connectivity index (χ2v) is 6.57. The van der Waals surface area contributed by atoms with Gasteiger partial charge in [0.2, 0.25) is 0 Å². The van der Waals surface area contributed by atoms with E-state index in [-0.39, 0.29) is 0 Å². The van der Waals surface area contributed by atoms with Gasteiger partial charge in [0.05, 0.1) is 31.5 Å². The summed E-state index contributed by atoms with van der Waals surface area (Å²) in [6, 6.07) is 12.4.